The van der Waals surface area contributed by atoms with Crippen LogP contribution in [-0.4, -0.2) is 58.3 Å². The van der Waals surface area contributed by atoms with E-state index in [4.69, 9.17) is 10.00 Å². The van der Waals surface area contributed by atoms with Crippen molar-refractivity contribution >= 4 is 47.6 Å². The van der Waals surface area contributed by atoms with E-state index in [2.05, 4.69) is 20.8 Å². The first kappa shape index (κ1) is 30.4. The van der Waals surface area contributed by atoms with Crippen molar-refractivity contribution in [1.29, 1.82) is 10.5 Å². The number of carbonyl (C=O) groups excluding carboxylic acids is 1. The van der Waals surface area contributed by atoms with Crippen molar-refractivity contribution < 1.29 is 18.1 Å². The van der Waals surface area contributed by atoms with Crippen LogP contribution in [0.2, 0.25) is 12.6 Å². The third-order valence-corrected chi connectivity index (χ3v) is 8.33. The largest absolute Gasteiger partial charge is 0.453 e. The molecule has 1 N–H and O–H groups in total. The molecule has 1 aromatic heterocycles. The summed E-state index contributed by atoms with van der Waals surface area (Å²) in [4.78, 5) is 18.1. The number of aromatic nitrogens is 2. The molecule has 0 amide bonds. The predicted molar refractivity (Wildman–Crippen MR) is 161 cm³/mol. The molecular weight excluding hydrogens is 558 g/mol. The van der Waals surface area contributed by atoms with Crippen LogP contribution in [0.3, 0.4) is 0 Å². The predicted octanol–water partition coefficient (Wildman–Crippen LogP) is 5.13. The molecule has 1 fully saturated rings. The Labute approximate surface area is 247 Å². The van der Waals surface area contributed by atoms with E-state index in [1.165, 1.54) is 22.5 Å². The molecule has 1 atom stereocenters. The second-order valence-electron chi connectivity index (χ2n) is 9.82. The van der Waals surface area contributed by atoms with Crippen molar-refractivity contribution in [2.75, 3.05) is 30.3 Å². The lowest BCUT2D eigenvalue weighted by molar-refractivity contribution is 0.112. The zero-order valence-electron chi connectivity index (χ0n) is 23.5. The van der Waals surface area contributed by atoms with Crippen molar-refractivity contribution in [3.63, 3.8) is 0 Å². The SMILES string of the molecule is CCN(C)S(=O)Nc1ccc(F)c(Oc2ccc(N=CN(C)c3cnn(C4CCB(C#N)CC4)c3)c(C=O)c2)c1C#N. The molecule has 0 spiro atoms. The fourth-order valence-electron chi connectivity index (χ4n) is 4.46. The van der Waals surface area contributed by atoms with Gasteiger partial charge in [-0.1, -0.05) is 19.6 Å². The number of nitrogens with one attached hydrogen (secondary N) is 1. The van der Waals surface area contributed by atoms with Crippen molar-refractivity contribution in [2.24, 2.45) is 4.99 Å². The lowest BCUT2D eigenvalue weighted by atomic mass is 9.42. The molecule has 216 valence electrons. The van der Waals surface area contributed by atoms with Gasteiger partial charge in [-0.25, -0.2) is 23.2 Å². The van der Waals surface area contributed by atoms with Gasteiger partial charge in [0, 0.05) is 38.4 Å². The van der Waals surface area contributed by atoms with E-state index in [0.29, 0.717) is 18.5 Å². The van der Waals surface area contributed by atoms with Gasteiger partial charge in [0.15, 0.2) is 29.0 Å². The first-order valence-electron chi connectivity index (χ1n) is 13.4. The normalized spacial score (nSPS) is 14.4. The summed E-state index contributed by atoms with van der Waals surface area (Å²) in [5, 5.41) is 23.3. The first-order chi connectivity index (χ1) is 20.3. The Morgan fingerprint density at radius 1 is 1.29 bits per heavy atom. The van der Waals surface area contributed by atoms with E-state index in [1.54, 1.807) is 30.5 Å². The molecule has 14 heteroatoms. The van der Waals surface area contributed by atoms with Gasteiger partial charge in [0.25, 0.3) is 6.71 Å². The van der Waals surface area contributed by atoms with Gasteiger partial charge in [-0.3, -0.25) is 14.2 Å². The summed E-state index contributed by atoms with van der Waals surface area (Å²) in [6.07, 6.45) is 9.39. The van der Waals surface area contributed by atoms with Gasteiger partial charge in [0.2, 0.25) is 0 Å². The maximum absolute atomic E-state index is 14.7. The molecule has 11 nitrogen and oxygen atoms in total. The van der Waals surface area contributed by atoms with Gasteiger partial charge < -0.3 is 9.64 Å². The van der Waals surface area contributed by atoms with Gasteiger partial charge >= 0.3 is 0 Å². The van der Waals surface area contributed by atoms with Crippen LogP contribution >= 0.6 is 0 Å². The van der Waals surface area contributed by atoms with Gasteiger partial charge in [0.1, 0.15) is 17.4 Å². The lowest BCUT2D eigenvalue weighted by Crippen LogP contribution is -2.26. The standard InChI is InChI=1S/C28H30BFN8O3S/c1-4-37(3)42(40)35-27-8-6-25(30)28(24(27)14-31)41-23-5-7-26(20(13-23)17-39)33-19-36(2)22-15-34-38(16-22)21-9-11-29(18-32)12-10-21/h5-8,13,15-17,19,21,35H,4,9-12H2,1-3H3. The number of hydrogen-bond acceptors (Lipinski definition) is 7. The van der Waals surface area contributed by atoms with Crippen LogP contribution in [0, 0.1) is 28.4 Å². The average Bonchev–Trinajstić information content (AvgIpc) is 3.52. The number of aliphatic imine (C=N–C) groups is 1. The number of carbonyl (C=O) groups is 1. The number of benzene rings is 2. The van der Waals surface area contributed by atoms with Crippen LogP contribution in [0.5, 0.6) is 11.5 Å². The second-order valence-corrected chi connectivity index (χ2v) is 11.1. The molecular formula is C28H30BFN8O3S. The van der Waals surface area contributed by atoms with E-state index >= 15 is 0 Å². The quantitative estimate of drug-likeness (QED) is 0.142. The molecule has 3 aromatic rings. The van der Waals surface area contributed by atoms with Gasteiger partial charge in [-0.15, -0.1) is 0 Å². The Bertz CT molecular complexity index is 1580. The van der Waals surface area contributed by atoms with Crippen LogP contribution in [0.4, 0.5) is 21.5 Å². The van der Waals surface area contributed by atoms with E-state index < -0.39 is 17.0 Å². The maximum Gasteiger partial charge on any atom is 0.268 e. The van der Waals surface area contributed by atoms with Crippen LogP contribution in [0.1, 0.15) is 41.7 Å². The summed E-state index contributed by atoms with van der Waals surface area (Å²) in [6, 6.07) is 9.05. The number of anilines is 2. The zero-order chi connectivity index (χ0) is 30.2. The Hall–Kier alpha value is -4.53. The highest BCUT2D eigenvalue weighted by molar-refractivity contribution is 7.84. The van der Waals surface area contributed by atoms with Crippen molar-refractivity contribution in [1.82, 2.24) is 14.1 Å². The molecule has 1 unspecified atom stereocenters. The summed E-state index contributed by atoms with van der Waals surface area (Å²) in [7, 11) is 3.45. The third kappa shape index (κ3) is 7.02. The molecule has 0 bridgehead atoms. The van der Waals surface area contributed by atoms with Crippen LogP contribution in [-0.2, 0) is 11.2 Å². The number of rotatable bonds is 11. The fraction of sp³-hybridized carbons (Fsp3) is 0.321. The third-order valence-electron chi connectivity index (χ3n) is 7.11. The van der Waals surface area contributed by atoms with E-state index in [0.717, 1.165) is 37.2 Å². The topological polar surface area (TPSA) is 140 Å². The lowest BCUT2D eigenvalue weighted by Gasteiger charge is -2.23. The van der Waals surface area contributed by atoms with Crippen LogP contribution in [0.15, 0.2) is 47.7 Å². The smallest absolute Gasteiger partial charge is 0.268 e. The molecule has 4 rings (SSSR count). The zero-order valence-corrected chi connectivity index (χ0v) is 24.3. The minimum absolute atomic E-state index is 0.120. The molecule has 1 aliphatic heterocycles. The van der Waals surface area contributed by atoms with Gasteiger partial charge in [0.05, 0.1) is 35.6 Å². The van der Waals surface area contributed by atoms with E-state index in [-0.39, 0.29) is 41.1 Å². The molecule has 0 radical (unpaired) electrons. The van der Waals surface area contributed by atoms with Crippen LogP contribution < -0.4 is 14.4 Å². The van der Waals surface area contributed by atoms with E-state index in [1.807, 2.05) is 30.9 Å². The maximum atomic E-state index is 14.7. The van der Waals surface area contributed by atoms with E-state index in [9.17, 15) is 18.7 Å². The van der Waals surface area contributed by atoms with Crippen molar-refractivity contribution in [2.45, 2.75) is 38.4 Å². The molecule has 0 saturated carbocycles. The Kier molecular flexibility index (Phi) is 10.1. The summed E-state index contributed by atoms with van der Waals surface area (Å²) in [5.41, 5.74) is 1.35. The fourth-order valence-corrected chi connectivity index (χ4v) is 5.21. The Balaban J connectivity index is 1.49. The number of ether oxygens (including phenoxy) is 1. The first-order valence-corrected chi connectivity index (χ1v) is 14.5. The highest BCUT2D eigenvalue weighted by Gasteiger charge is 2.26. The highest BCUT2D eigenvalue weighted by atomic mass is 32.2. The van der Waals surface area contributed by atoms with Crippen molar-refractivity contribution in [3.05, 3.63) is 59.7 Å². The highest BCUT2D eigenvalue weighted by Crippen LogP contribution is 2.35. The number of aldehydes is 1. The second kappa shape index (κ2) is 13.9. The molecule has 1 saturated heterocycles. The number of nitriles is 2. The molecule has 2 heterocycles. The number of hydrogen-bond donors (Lipinski definition) is 1. The number of nitrogens with zero attached hydrogens (tertiary/aromatic N) is 7. The van der Waals surface area contributed by atoms with Gasteiger partial charge in [-0.2, -0.15) is 10.4 Å². The summed E-state index contributed by atoms with van der Waals surface area (Å²) in [5.74, 6) is 1.32. The minimum Gasteiger partial charge on any atom is -0.453 e. The summed E-state index contributed by atoms with van der Waals surface area (Å²) >= 11 is -1.65. The van der Waals surface area contributed by atoms with Crippen molar-refractivity contribution in [3.8, 4) is 23.5 Å². The monoisotopic (exact) mass is 588 g/mol. The minimum atomic E-state index is -1.65. The van der Waals surface area contributed by atoms with Gasteiger partial charge in [-0.05, 0) is 43.2 Å². The molecule has 1 aliphatic rings. The Morgan fingerprint density at radius 3 is 2.71 bits per heavy atom. The molecule has 42 heavy (non-hydrogen) atoms. The molecule has 2 aromatic carbocycles. The summed E-state index contributed by atoms with van der Waals surface area (Å²) < 4.78 is 39.0. The Morgan fingerprint density at radius 2 is 2.05 bits per heavy atom. The number of halogens is 1. The summed E-state index contributed by atoms with van der Waals surface area (Å²) in [6.45, 7) is 2.42. The van der Waals surface area contributed by atoms with Crippen LogP contribution in [0.25, 0.3) is 0 Å². The molecule has 0 aliphatic carbocycles. The average molecular weight is 588 g/mol.